The van der Waals surface area contributed by atoms with Gasteiger partial charge in [-0.2, -0.15) is 0 Å². The zero-order chi connectivity index (χ0) is 20.8. The van der Waals surface area contributed by atoms with Gasteiger partial charge in [-0.25, -0.2) is 0 Å². The molecule has 0 spiro atoms. The van der Waals surface area contributed by atoms with Gasteiger partial charge in [0, 0.05) is 24.7 Å². The summed E-state index contributed by atoms with van der Waals surface area (Å²) in [5.41, 5.74) is 2.04. The first-order valence-electron chi connectivity index (χ1n) is 10.4. The fourth-order valence-corrected chi connectivity index (χ4v) is 4.13. The highest BCUT2D eigenvalue weighted by Crippen LogP contribution is 2.34. The van der Waals surface area contributed by atoms with E-state index in [0.717, 1.165) is 11.1 Å². The third kappa shape index (κ3) is 4.84. The van der Waals surface area contributed by atoms with Gasteiger partial charge in [0.1, 0.15) is 12.2 Å². The Bertz CT molecular complexity index is 839. The SMILES string of the molecule is O=C1CC=CC(C2C=CCC(=O)C2OCc2ccccc2)C1OCc1ccccc1. The number of hydrogen-bond acceptors (Lipinski definition) is 4. The summed E-state index contributed by atoms with van der Waals surface area (Å²) in [5, 5.41) is 0. The average Bonchev–Trinajstić information content (AvgIpc) is 2.78. The molecule has 2 aromatic carbocycles. The van der Waals surface area contributed by atoms with Crippen molar-refractivity contribution in [1.82, 2.24) is 0 Å². The molecule has 2 aliphatic carbocycles. The van der Waals surface area contributed by atoms with Gasteiger partial charge in [-0.3, -0.25) is 9.59 Å². The van der Waals surface area contributed by atoms with Crippen molar-refractivity contribution < 1.29 is 19.1 Å². The molecule has 0 aromatic heterocycles. The Labute approximate surface area is 177 Å². The quantitative estimate of drug-likeness (QED) is 0.642. The molecule has 4 atom stereocenters. The fourth-order valence-electron chi connectivity index (χ4n) is 4.13. The van der Waals surface area contributed by atoms with Crippen molar-refractivity contribution in [3.63, 3.8) is 0 Å². The average molecular weight is 402 g/mol. The maximum absolute atomic E-state index is 12.7. The number of carbonyl (C=O) groups is 2. The van der Waals surface area contributed by atoms with Crippen molar-refractivity contribution in [3.8, 4) is 0 Å². The number of allylic oxidation sites excluding steroid dienone is 2. The molecule has 2 aliphatic rings. The summed E-state index contributed by atoms with van der Waals surface area (Å²) in [6.45, 7) is 0.725. The van der Waals surface area contributed by atoms with E-state index < -0.39 is 12.2 Å². The molecule has 4 nitrogen and oxygen atoms in total. The van der Waals surface area contributed by atoms with E-state index >= 15 is 0 Å². The van der Waals surface area contributed by atoms with Crippen LogP contribution < -0.4 is 0 Å². The minimum atomic E-state index is -0.585. The van der Waals surface area contributed by atoms with Crippen LogP contribution in [0.1, 0.15) is 24.0 Å². The van der Waals surface area contributed by atoms with E-state index in [1.165, 1.54) is 0 Å². The molecular formula is C26H26O4. The summed E-state index contributed by atoms with van der Waals surface area (Å²) in [7, 11) is 0. The lowest BCUT2D eigenvalue weighted by Gasteiger charge is -2.36. The topological polar surface area (TPSA) is 52.6 Å². The van der Waals surface area contributed by atoms with E-state index in [0.29, 0.717) is 26.1 Å². The lowest BCUT2D eigenvalue weighted by molar-refractivity contribution is -0.143. The van der Waals surface area contributed by atoms with E-state index in [-0.39, 0.29) is 23.4 Å². The summed E-state index contributed by atoms with van der Waals surface area (Å²) < 4.78 is 12.2. The van der Waals surface area contributed by atoms with Crippen LogP contribution in [0, 0.1) is 11.8 Å². The molecule has 0 saturated heterocycles. The van der Waals surface area contributed by atoms with Crippen LogP contribution in [-0.4, -0.2) is 23.8 Å². The first-order chi connectivity index (χ1) is 14.7. The highest BCUT2D eigenvalue weighted by Gasteiger charge is 2.41. The fraction of sp³-hybridized carbons (Fsp3) is 0.308. The van der Waals surface area contributed by atoms with Crippen LogP contribution in [-0.2, 0) is 32.3 Å². The van der Waals surface area contributed by atoms with E-state index in [2.05, 4.69) is 0 Å². The van der Waals surface area contributed by atoms with Gasteiger partial charge in [0.15, 0.2) is 11.6 Å². The Morgan fingerprint density at radius 2 is 1.03 bits per heavy atom. The third-order valence-electron chi connectivity index (χ3n) is 5.68. The Morgan fingerprint density at radius 1 is 0.633 bits per heavy atom. The number of rotatable bonds is 7. The Hall–Kier alpha value is -2.82. The zero-order valence-electron chi connectivity index (χ0n) is 16.9. The van der Waals surface area contributed by atoms with Crippen molar-refractivity contribution in [2.75, 3.05) is 0 Å². The number of ether oxygens (including phenoxy) is 2. The van der Waals surface area contributed by atoms with Gasteiger partial charge in [-0.05, 0) is 11.1 Å². The lowest BCUT2D eigenvalue weighted by atomic mass is 9.75. The first-order valence-corrected chi connectivity index (χ1v) is 10.4. The highest BCUT2D eigenvalue weighted by atomic mass is 16.5. The van der Waals surface area contributed by atoms with Gasteiger partial charge < -0.3 is 9.47 Å². The van der Waals surface area contributed by atoms with Crippen molar-refractivity contribution >= 4 is 11.6 Å². The number of ketones is 2. The summed E-state index contributed by atoms with van der Waals surface area (Å²) in [6, 6.07) is 19.6. The number of Topliss-reactive ketones (excluding diaryl/α,β-unsaturated/α-hetero) is 2. The normalized spacial score (nSPS) is 26.1. The number of hydrogen-bond donors (Lipinski definition) is 0. The second kappa shape index (κ2) is 9.79. The van der Waals surface area contributed by atoms with Gasteiger partial charge in [-0.15, -0.1) is 0 Å². The van der Waals surface area contributed by atoms with E-state index in [9.17, 15) is 9.59 Å². The van der Waals surface area contributed by atoms with Crippen LogP contribution in [0.3, 0.4) is 0 Å². The van der Waals surface area contributed by atoms with E-state index in [4.69, 9.17) is 9.47 Å². The summed E-state index contributed by atoms with van der Waals surface area (Å²) in [6.07, 6.45) is 7.35. The molecule has 0 bridgehead atoms. The molecule has 0 amide bonds. The van der Waals surface area contributed by atoms with Crippen LogP contribution in [0.25, 0.3) is 0 Å². The highest BCUT2D eigenvalue weighted by molar-refractivity contribution is 5.88. The van der Waals surface area contributed by atoms with Crippen LogP contribution >= 0.6 is 0 Å². The van der Waals surface area contributed by atoms with E-state index in [1.807, 2.05) is 85.0 Å². The Kier molecular flexibility index (Phi) is 6.67. The second-order valence-electron chi connectivity index (χ2n) is 7.79. The van der Waals surface area contributed by atoms with Crippen molar-refractivity contribution in [3.05, 3.63) is 96.1 Å². The molecule has 0 heterocycles. The Morgan fingerprint density at radius 3 is 1.43 bits per heavy atom. The van der Waals surface area contributed by atoms with E-state index in [1.54, 1.807) is 0 Å². The Balaban J connectivity index is 1.51. The van der Waals surface area contributed by atoms with Crippen LogP contribution in [0.4, 0.5) is 0 Å². The summed E-state index contributed by atoms with van der Waals surface area (Å²) in [5.74, 6) is -0.356. The third-order valence-corrected chi connectivity index (χ3v) is 5.68. The zero-order valence-corrected chi connectivity index (χ0v) is 16.9. The van der Waals surface area contributed by atoms with Gasteiger partial charge in [-0.1, -0.05) is 85.0 Å². The number of benzene rings is 2. The molecule has 0 radical (unpaired) electrons. The standard InChI is InChI=1S/C26H26O4/c27-23-15-7-13-21(25(23)29-17-19-9-3-1-4-10-19)22-14-8-16-24(28)26(22)30-18-20-11-5-2-6-12-20/h1-14,21-22,25-26H,15-18H2. The smallest absolute Gasteiger partial charge is 0.165 e. The summed E-state index contributed by atoms with van der Waals surface area (Å²) >= 11 is 0. The molecule has 154 valence electrons. The molecule has 0 N–H and O–H groups in total. The van der Waals surface area contributed by atoms with Crippen molar-refractivity contribution in [2.24, 2.45) is 11.8 Å². The predicted octanol–water partition coefficient (Wildman–Crippen LogP) is 4.45. The molecule has 0 fully saturated rings. The number of carbonyl (C=O) groups excluding carboxylic acids is 2. The minimum Gasteiger partial charge on any atom is -0.365 e. The molecule has 30 heavy (non-hydrogen) atoms. The van der Waals surface area contributed by atoms with Crippen molar-refractivity contribution in [1.29, 1.82) is 0 Å². The van der Waals surface area contributed by atoms with Gasteiger partial charge in [0.05, 0.1) is 13.2 Å². The maximum Gasteiger partial charge on any atom is 0.165 e. The molecule has 4 rings (SSSR count). The summed E-state index contributed by atoms with van der Waals surface area (Å²) in [4.78, 5) is 25.4. The second-order valence-corrected chi connectivity index (χ2v) is 7.79. The van der Waals surface area contributed by atoms with Gasteiger partial charge in [0.2, 0.25) is 0 Å². The molecular weight excluding hydrogens is 376 g/mol. The van der Waals surface area contributed by atoms with Gasteiger partial charge in [0.25, 0.3) is 0 Å². The lowest BCUT2D eigenvalue weighted by Crippen LogP contribution is -2.45. The maximum atomic E-state index is 12.7. The van der Waals surface area contributed by atoms with Gasteiger partial charge >= 0.3 is 0 Å². The minimum absolute atomic E-state index is 0.0478. The molecule has 0 aliphatic heterocycles. The molecule has 2 aromatic rings. The van der Waals surface area contributed by atoms with Crippen LogP contribution in [0.2, 0.25) is 0 Å². The monoisotopic (exact) mass is 402 g/mol. The van der Waals surface area contributed by atoms with Crippen LogP contribution in [0.15, 0.2) is 85.0 Å². The molecule has 0 saturated carbocycles. The molecule has 4 heteroatoms. The molecule has 4 unspecified atom stereocenters. The largest absolute Gasteiger partial charge is 0.365 e. The van der Waals surface area contributed by atoms with Crippen molar-refractivity contribution in [2.45, 2.75) is 38.3 Å². The predicted molar refractivity (Wildman–Crippen MR) is 115 cm³/mol. The van der Waals surface area contributed by atoms with Crippen LogP contribution in [0.5, 0.6) is 0 Å². The first kappa shape index (κ1) is 20.5.